The number of nitrogens with zero attached hydrogens (tertiary/aromatic N) is 1. The molecule has 0 radical (unpaired) electrons. The summed E-state index contributed by atoms with van der Waals surface area (Å²) < 4.78 is 0. The second kappa shape index (κ2) is 6.92. The minimum absolute atomic E-state index is 0.0477. The third-order valence-corrected chi connectivity index (χ3v) is 4.37. The van der Waals surface area contributed by atoms with E-state index in [1.54, 1.807) is 13.0 Å². The molecule has 0 aromatic heterocycles. The Bertz CT molecular complexity index is 571. The number of benzene rings is 1. The SMILES string of the molecule is CNCCNC(=O)c1ccc2c(c1)CC(C)[C@H](C)N2C(C)=O. The summed E-state index contributed by atoms with van der Waals surface area (Å²) in [4.78, 5) is 25.9. The van der Waals surface area contributed by atoms with Crippen molar-refractivity contribution in [1.82, 2.24) is 10.6 Å². The first-order valence-electron chi connectivity index (χ1n) is 7.81. The fraction of sp³-hybridized carbons (Fsp3) is 0.529. The molecule has 2 atom stereocenters. The van der Waals surface area contributed by atoms with E-state index in [2.05, 4.69) is 24.5 Å². The molecular weight excluding hydrogens is 278 g/mol. The predicted octanol–water partition coefficient (Wildman–Crippen LogP) is 1.57. The van der Waals surface area contributed by atoms with E-state index in [0.717, 1.165) is 24.2 Å². The zero-order valence-electron chi connectivity index (χ0n) is 13.8. The molecule has 2 amide bonds. The summed E-state index contributed by atoms with van der Waals surface area (Å²) in [6.07, 6.45) is 0.887. The maximum Gasteiger partial charge on any atom is 0.251 e. The highest BCUT2D eigenvalue weighted by atomic mass is 16.2. The molecule has 0 aliphatic carbocycles. The number of hydrogen-bond donors (Lipinski definition) is 2. The van der Waals surface area contributed by atoms with E-state index in [1.807, 2.05) is 24.1 Å². The van der Waals surface area contributed by atoms with E-state index < -0.39 is 0 Å². The van der Waals surface area contributed by atoms with Crippen LogP contribution in [0, 0.1) is 5.92 Å². The molecule has 1 unspecified atom stereocenters. The maximum absolute atomic E-state index is 12.1. The van der Waals surface area contributed by atoms with E-state index in [0.29, 0.717) is 18.0 Å². The first-order chi connectivity index (χ1) is 10.5. The second-order valence-electron chi connectivity index (χ2n) is 6.01. The Morgan fingerprint density at radius 3 is 2.64 bits per heavy atom. The maximum atomic E-state index is 12.1. The molecule has 1 aromatic rings. The molecule has 5 nitrogen and oxygen atoms in total. The summed E-state index contributed by atoms with van der Waals surface area (Å²) in [6, 6.07) is 5.79. The van der Waals surface area contributed by atoms with Gasteiger partial charge in [-0.25, -0.2) is 0 Å². The van der Waals surface area contributed by atoms with Crippen molar-refractivity contribution in [2.75, 3.05) is 25.0 Å². The first kappa shape index (κ1) is 16.5. The minimum Gasteiger partial charge on any atom is -0.351 e. The van der Waals surface area contributed by atoms with Crippen LogP contribution in [0.4, 0.5) is 5.69 Å². The molecule has 1 aliphatic heterocycles. The summed E-state index contributed by atoms with van der Waals surface area (Å²) in [7, 11) is 1.85. The van der Waals surface area contributed by atoms with Crippen molar-refractivity contribution in [1.29, 1.82) is 0 Å². The van der Waals surface area contributed by atoms with Crippen molar-refractivity contribution in [3.63, 3.8) is 0 Å². The van der Waals surface area contributed by atoms with Gasteiger partial charge < -0.3 is 15.5 Å². The Morgan fingerprint density at radius 1 is 1.27 bits per heavy atom. The van der Waals surface area contributed by atoms with Gasteiger partial charge >= 0.3 is 0 Å². The lowest BCUT2D eigenvalue weighted by Gasteiger charge is -2.39. The molecule has 0 fully saturated rings. The molecular formula is C17H25N3O2. The van der Waals surface area contributed by atoms with Crippen molar-refractivity contribution in [3.05, 3.63) is 29.3 Å². The van der Waals surface area contributed by atoms with Crippen LogP contribution in [0.3, 0.4) is 0 Å². The number of carbonyl (C=O) groups excluding carboxylic acids is 2. The molecule has 1 aliphatic rings. The molecule has 5 heteroatoms. The van der Waals surface area contributed by atoms with Crippen molar-refractivity contribution in [3.8, 4) is 0 Å². The smallest absolute Gasteiger partial charge is 0.251 e. The summed E-state index contributed by atoms with van der Waals surface area (Å²) in [5.41, 5.74) is 2.66. The summed E-state index contributed by atoms with van der Waals surface area (Å²) in [5.74, 6) is 0.351. The van der Waals surface area contributed by atoms with Crippen molar-refractivity contribution >= 4 is 17.5 Å². The van der Waals surface area contributed by atoms with E-state index >= 15 is 0 Å². The van der Waals surface area contributed by atoms with Crippen LogP contribution < -0.4 is 15.5 Å². The number of nitrogens with one attached hydrogen (secondary N) is 2. The van der Waals surface area contributed by atoms with E-state index in [1.165, 1.54) is 0 Å². The van der Waals surface area contributed by atoms with Gasteiger partial charge in [0.1, 0.15) is 0 Å². The van der Waals surface area contributed by atoms with Crippen LogP contribution in [0.1, 0.15) is 36.7 Å². The number of hydrogen-bond acceptors (Lipinski definition) is 3. The number of fused-ring (bicyclic) bond motifs is 1. The molecule has 120 valence electrons. The van der Waals surface area contributed by atoms with Gasteiger partial charge in [-0.3, -0.25) is 9.59 Å². The quantitative estimate of drug-likeness (QED) is 0.830. The fourth-order valence-corrected chi connectivity index (χ4v) is 2.98. The highest BCUT2D eigenvalue weighted by Crippen LogP contribution is 2.34. The van der Waals surface area contributed by atoms with Crippen LogP contribution >= 0.6 is 0 Å². The summed E-state index contributed by atoms with van der Waals surface area (Å²) in [6.45, 7) is 7.15. The third-order valence-electron chi connectivity index (χ3n) is 4.37. The first-order valence-corrected chi connectivity index (χ1v) is 7.81. The second-order valence-corrected chi connectivity index (χ2v) is 6.01. The minimum atomic E-state index is -0.0706. The van der Waals surface area contributed by atoms with Crippen molar-refractivity contribution in [2.24, 2.45) is 5.92 Å². The Balaban J connectivity index is 2.25. The highest BCUT2D eigenvalue weighted by Gasteiger charge is 2.31. The van der Waals surface area contributed by atoms with Gasteiger partial charge in [0.15, 0.2) is 0 Å². The topological polar surface area (TPSA) is 61.4 Å². The molecule has 2 rings (SSSR count). The number of likely N-dealkylation sites (N-methyl/N-ethyl adjacent to an activating group) is 1. The van der Waals surface area contributed by atoms with Gasteiger partial charge in [-0.1, -0.05) is 6.92 Å². The monoisotopic (exact) mass is 303 g/mol. The molecule has 0 bridgehead atoms. The zero-order valence-corrected chi connectivity index (χ0v) is 13.8. The van der Waals surface area contributed by atoms with Gasteiger partial charge in [0.05, 0.1) is 0 Å². The average Bonchev–Trinajstić information content (AvgIpc) is 2.47. The third kappa shape index (κ3) is 3.30. The number of amides is 2. The van der Waals surface area contributed by atoms with Gasteiger partial charge in [-0.15, -0.1) is 0 Å². The fourth-order valence-electron chi connectivity index (χ4n) is 2.98. The molecule has 22 heavy (non-hydrogen) atoms. The molecule has 0 saturated heterocycles. The lowest BCUT2D eigenvalue weighted by Crippen LogP contribution is -2.45. The standard InChI is InChI=1S/C17H25N3O2/c1-11-9-15-10-14(17(22)19-8-7-18-4)5-6-16(15)20(12(11)2)13(3)21/h5-6,10-12,18H,7-9H2,1-4H3,(H,19,22)/t11?,12-/m0/s1. The Hall–Kier alpha value is -1.88. The van der Waals surface area contributed by atoms with Crippen LogP contribution in [0.5, 0.6) is 0 Å². The van der Waals surface area contributed by atoms with E-state index in [4.69, 9.17) is 0 Å². The van der Waals surface area contributed by atoms with Crippen molar-refractivity contribution in [2.45, 2.75) is 33.2 Å². The Kier molecular flexibility index (Phi) is 5.19. The molecule has 1 heterocycles. The van der Waals surface area contributed by atoms with Crippen molar-refractivity contribution < 1.29 is 9.59 Å². The predicted molar refractivity (Wildman–Crippen MR) is 88.2 cm³/mol. The van der Waals surface area contributed by atoms with E-state index in [9.17, 15) is 9.59 Å². The van der Waals surface area contributed by atoms with Gasteiger partial charge in [-0.05, 0) is 50.1 Å². The van der Waals surface area contributed by atoms with E-state index in [-0.39, 0.29) is 17.9 Å². The lowest BCUT2D eigenvalue weighted by atomic mass is 9.87. The highest BCUT2D eigenvalue weighted by molar-refractivity contribution is 5.97. The van der Waals surface area contributed by atoms with Crippen LogP contribution in [-0.4, -0.2) is 38.0 Å². The summed E-state index contributed by atoms with van der Waals surface area (Å²) in [5, 5.41) is 5.87. The number of rotatable bonds is 4. The van der Waals surface area contributed by atoms with Gasteiger partial charge in [0, 0.05) is 37.3 Å². The van der Waals surface area contributed by atoms with Crippen LogP contribution in [-0.2, 0) is 11.2 Å². The average molecular weight is 303 g/mol. The number of anilines is 1. The van der Waals surface area contributed by atoms with Crippen LogP contribution in [0.2, 0.25) is 0 Å². The zero-order chi connectivity index (χ0) is 16.3. The van der Waals surface area contributed by atoms with Crippen LogP contribution in [0.15, 0.2) is 18.2 Å². The molecule has 0 spiro atoms. The normalized spacial score (nSPS) is 20.5. The molecule has 2 N–H and O–H groups in total. The van der Waals surface area contributed by atoms with Gasteiger partial charge in [-0.2, -0.15) is 0 Å². The molecule has 0 saturated carbocycles. The lowest BCUT2D eigenvalue weighted by molar-refractivity contribution is -0.117. The summed E-state index contributed by atoms with van der Waals surface area (Å²) >= 11 is 0. The molecule has 1 aromatic carbocycles. The Morgan fingerprint density at radius 2 is 2.00 bits per heavy atom. The van der Waals surface area contributed by atoms with Gasteiger partial charge in [0.2, 0.25) is 5.91 Å². The van der Waals surface area contributed by atoms with Gasteiger partial charge in [0.25, 0.3) is 5.91 Å². The van der Waals surface area contributed by atoms with Crippen LogP contribution in [0.25, 0.3) is 0 Å². The number of carbonyl (C=O) groups is 2. The Labute approximate surface area is 132 Å². The largest absolute Gasteiger partial charge is 0.351 e.